The number of sulfonamides is 1. The molecule has 0 radical (unpaired) electrons. The molecule has 0 aliphatic carbocycles. The summed E-state index contributed by atoms with van der Waals surface area (Å²) in [4.78, 5) is 22.0. The van der Waals surface area contributed by atoms with Crippen LogP contribution in [0.15, 0.2) is 95.1 Å². The second-order valence-electron chi connectivity index (χ2n) is 8.97. The van der Waals surface area contributed by atoms with Crippen molar-refractivity contribution in [3.8, 4) is 11.3 Å². The van der Waals surface area contributed by atoms with Gasteiger partial charge in [-0.05, 0) is 34.7 Å². The number of H-pyrrole nitrogens is 1. The Morgan fingerprint density at radius 1 is 1.05 bits per heavy atom. The fraction of sp³-hybridized carbons (Fsp3) is 0.103. The van der Waals surface area contributed by atoms with Gasteiger partial charge >= 0.3 is 0 Å². The van der Waals surface area contributed by atoms with Crippen molar-refractivity contribution in [2.45, 2.75) is 12.3 Å². The third-order valence-electron chi connectivity index (χ3n) is 6.35. The minimum absolute atomic E-state index is 0.0789. The molecular formula is C29H26N6O3S. The zero-order valence-corrected chi connectivity index (χ0v) is 21.9. The maximum absolute atomic E-state index is 13.6. The first-order valence-corrected chi connectivity index (χ1v) is 13.8. The van der Waals surface area contributed by atoms with Crippen LogP contribution in [0.3, 0.4) is 0 Å². The minimum Gasteiger partial charge on any atom is -0.404 e. The Bertz CT molecular complexity index is 1900. The van der Waals surface area contributed by atoms with Crippen molar-refractivity contribution in [3.63, 3.8) is 0 Å². The predicted octanol–water partition coefficient (Wildman–Crippen LogP) is 3.76. The normalized spacial score (nSPS) is 12.5. The minimum atomic E-state index is -3.72. The van der Waals surface area contributed by atoms with Gasteiger partial charge in [-0.1, -0.05) is 48.5 Å². The zero-order valence-electron chi connectivity index (χ0n) is 21.1. The summed E-state index contributed by atoms with van der Waals surface area (Å²) < 4.78 is 28.6. The lowest BCUT2D eigenvalue weighted by Crippen LogP contribution is -2.24. The van der Waals surface area contributed by atoms with Gasteiger partial charge in [0.1, 0.15) is 0 Å². The van der Waals surface area contributed by atoms with Crippen molar-refractivity contribution in [2.24, 2.45) is 10.7 Å². The lowest BCUT2D eigenvalue weighted by atomic mass is 10.1. The van der Waals surface area contributed by atoms with E-state index in [4.69, 9.17) is 5.73 Å². The average Bonchev–Trinajstić information content (AvgIpc) is 3.38. The van der Waals surface area contributed by atoms with Crippen LogP contribution in [0.5, 0.6) is 0 Å². The molecule has 0 amide bonds. The first kappa shape index (κ1) is 26.0. The van der Waals surface area contributed by atoms with Crippen LogP contribution in [0.2, 0.25) is 0 Å². The summed E-state index contributed by atoms with van der Waals surface area (Å²) >= 11 is 0. The predicted molar refractivity (Wildman–Crippen MR) is 156 cm³/mol. The number of fused-ring (bicyclic) bond motifs is 2. The highest BCUT2D eigenvalue weighted by Gasteiger charge is 2.15. The van der Waals surface area contributed by atoms with Crippen LogP contribution < -0.4 is 15.9 Å². The molecule has 39 heavy (non-hydrogen) atoms. The highest BCUT2D eigenvalue weighted by atomic mass is 32.2. The molecule has 0 spiro atoms. The Morgan fingerprint density at radius 2 is 1.85 bits per heavy atom. The van der Waals surface area contributed by atoms with E-state index in [1.165, 1.54) is 6.20 Å². The van der Waals surface area contributed by atoms with Crippen LogP contribution in [0.4, 0.5) is 0 Å². The van der Waals surface area contributed by atoms with Crippen LogP contribution in [-0.2, 0) is 22.3 Å². The van der Waals surface area contributed by atoms with Gasteiger partial charge in [0.25, 0.3) is 0 Å². The molecule has 2 heterocycles. The van der Waals surface area contributed by atoms with Gasteiger partial charge in [0.15, 0.2) is 5.43 Å². The van der Waals surface area contributed by atoms with Crippen LogP contribution >= 0.6 is 0 Å². The van der Waals surface area contributed by atoms with Crippen LogP contribution in [-0.4, -0.2) is 36.9 Å². The summed E-state index contributed by atoms with van der Waals surface area (Å²) in [6, 6.07) is 20.0. The molecule has 0 saturated heterocycles. The monoisotopic (exact) mass is 538 g/mol. The molecule has 0 atom stereocenters. The number of nitrogens with zero attached hydrogens (tertiary/aromatic N) is 3. The first-order valence-electron chi connectivity index (χ1n) is 12.1. The van der Waals surface area contributed by atoms with E-state index in [2.05, 4.69) is 24.9 Å². The third-order valence-corrected chi connectivity index (χ3v) is 7.64. The molecule has 2 aromatic heterocycles. The van der Waals surface area contributed by atoms with E-state index in [0.717, 1.165) is 16.8 Å². The van der Waals surface area contributed by atoms with E-state index in [-0.39, 0.29) is 17.7 Å². The number of aromatic amines is 1. The first-order chi connectivity index (χ1) is 18.9. The largest absolute Gasteiger partial charge is 0.404 e. The van der Waals surface area contributed by atoms with Crippen LogP contribution in [0.25, 0.3) is 38.5 Å². The molecule has 9 nitrogen and oxygen atoms in total. The van der Waals surface area contributed by atoms with E-state index in [9.17, 15) is 13.2 Å². The number of nitrogens with two attached hydrogens (primary N) is 1. The van der Waals surface area contributed by atoms with E-state index >= 15 is 0 Å². The number of benzene rings is 2. The smallest absolute Gasteiger partial charge is 0.216 e. The summed E-state index contributed by atoms with van der Waals surface area (Å²) in [5.74, 6) is -0.284. The number of aliphatic imine (C=N–C) groups is 1. The number of rotatable bonds is 8. The summed E-state index contributed by atoms with van der Waals surface area (Å²) in [7, 11) is -2.09. The molecule has 10 heteroatoms. The van der Waals surface area contributed by atoms with Gasteiger partial charge in [0, 0.05) is 59.7 Å². The van der Waals surface area contributed by atoms with Crippen molar-refractivity contribution >= 4 is 43.5 Å². The van der Waals surface area contributed by atoms with Gasteiger partial charge < -0.3 is 5.73 Å². The van der Waals surface area contributed by atoms with Crippen molar-refractivity contribution in [1.82, 2.24) is 19.9 Å². The number of nitrogens with one attached hydrogen (secondary N) is 2. The maximum Gasteiger partial charge on any atom is 0.216 e. The van der Waals surface area contributed by atoms with Crippen LogP contribution in [0, 0.1) is 0 Å². The van der Waals surface area contributed by atoms with Gasteiger partial charge in [0.2, 0.25) is 10.0 Å². The van der Waals surface area contributed by atoms with Gasteiger partial charge in [-0.3, -0.25) is 19.9 Å². The van der Waals surface area contributed by atoms with Gasteiger partial charge in [-0.25, -0.2) is 13.1 Å². The topological polar surface area (TPSA) is 143 Å². The van der Waals surface area contributed by atoms with E-state index in [0.29, 0.717) is 38.4 Å². The second kappa shape index (κ2) is 11.0. The van der Waals surface area contributed by atoms with Gasteiger partial charge in [-0.15, -0.1) is 0 Å². The molecule has 4 N–H and O–H groups in total. The molecule has 0 aliphatic rings. The fourth-order valence-electron chi connectivity index (χ4n) is 4.41. The number of allylic oxidation sites excluding steroid dienone is 1. The van der Waals surface area contributed by atoms with Crippen molar-refractivity contribution in [1.29, 1.82) is 0 Å². The molecule has 3 aromatic carbocycles. The van der Waals surface area contributed by atoms with Gasteiger partial charge in [-0.2, -0.15) is 5.10 Å². The van der Waals surface area contributed by atoms with Crippen molar-refractivity contribution < 1.29 is 8.42 Å². The molecule has 0 unspecified atom stereocenters. The molecule has 196 valence electrons. The Balaban J connectivity index is 1.44. The Hall–Kier alpha value is -4.67. The number of aromatic nitrogens is 3. The lowest BCUT2D eigenvalue weighted by molar-refractivity contribution is 0.580. The highest BCUT2D eigenvalue weighted by molar-refractivity contribution is 7.88. The third kappa shape index (κ3) is 5.62. The Morgan fingerprint density at radius 3 is 2.62 bits per heavy atom. The standard InChI is InChI=1S/C29H26N6O3S/c1-31-14-23(13-30)22-12-26-27(32-15-22)10-9-20-8-7-19(11-25(20)29(26)36)18-39(37,38)34-17-24-16-33-35-28(24)21-5-3-2-4-6-21/h2-16,34H,17-18,30H2,1H3,(H,33,35). The zero-order chi connectivity index (χ0) is 27.4. The van der Waals surface area contributed by atoms with Crippen molar-refractivity contribution in [3.05, 3.63) is 112 Å². The molecule has 0 aliphatic heterocycles. The number of hydrogen-bond acceptors (Lipinski definition) is 7. The summed E-state index contributed by atoms with van der Waals surface area (Å²) in [5.41, 5.74) is 10.2. The summed E-state index contributed by atoms with van der Waals surface area (Å²) in [6.45, 7) is 0.0789. The highest BCUT2D eigenvalue weighted by Crippen LogP contribution is 2.22. The molecule has 0 saturated carbocycles. The lowest BCUT2D eigenvalue weighted by Gasteiger charge is -2.08. The number of hydrogen-bond donors (Lipinski definition) is 3. The van der Waals surface area contributed by atoms with E-state index < -0.39 is 10.0 Å². The number of pyridine rings is 1. The molecular weight excluding hydrogens is 512 g/mol. The summed E-state index contributed by atoms with van der Waals surface area (Å²) in [6.07, 6.45) is 6.25. The Kier molecular flexibility index (Phi) is 7.31. The molecule has 0 bridgehead atoms. The second-order valence-corrected chi connectivity index (χ2v) is 10.8. The van der Waals surface area contributed by atoms with E-state index in [1.54, 1.807) is 62.1 Å². The maximum atomic E-state index is 13.6. The fourth-order valence-corrected chi connectivity index (χ4v) is 5.50. The quantitative estimate of drug-likeness (QED) is 0.257. The van der Waals surface area contributed by atoms with Gasteiger partial charge in [0.05, 0.1) is 23.2 Å². The van der Waals surface area contributed by atoms with Crippen molar-refractivity contribution in [2.75, 3.05) is 7.05 Å². The molecule has 5 aromatic rings. The molecule has 0 fully saturated rings. The van der Waals surface area contributed by atoms with E-state index in [1.807, 2.05) is 30.3 Å². The average molecular weight is 539 g/mol. The summed E-state index contributed by atoms with van der Waals surface area (Å²) in [5, 5.41) is 8.49. The molecule has 5 rings (SSSR count). The SMILES string of the molecule is CN=CC(=CN)c1cnc2ccc3ccc(CS(=O)(=O)NCc4cn[nH]c4-c4ccccc4)cc3c(=O)c2c1. The van der Waals surface area contributed by atoms with Crippen LogP contribution in [0.1, 0.15) is 16.7 Å². The Labute approximate surface area is 225 Å².